The third-order valence-corrected chi connectivity index (χ3v) is 5.53. The summed E-state index contributed by atoms with van der Waals surface area (Å²) in [6.07, 6.45) is 3.96. The summed E-state index contributed by atoms with van der Waals surface area (Å²) in [5.41, 5.74) is 2.23. The number of rotatable bonds is 8. The van der Waals surface area contributed by atoms with Crippen LogP contribution in [-0.4, -0.2) is 30.9 Å². The summed E-state index contributed by atoms with van der Waals surface area (Å²) in [7, 11) is 0. The van der Waals surface area contributed by atoms with Crippen LogP contribution in [0.15, 0.2) is 54.6 Å². The Hall–Kier alpha value is -3.15. The van der Waals surface area contributed by atoms with Gasteiger partial charge in [-0.3, -0.25) is 9.59 Å². The smallest absolute Gasteiger partial charge is 0.338 e. The molecule has 0 saturated heterocycles. The molecule has 0 unspecified atom stereocenters. The highest BCUT2D eigenvalue weighted by Gasteiger charge is 2.44. The average Bonchev–Trinajstić information content (AvgIpc) is 3.65. The van der Waals surface area contributed by atoms with E-state index < -0.39 is 5.97 Å². The molecule has 6 nitrogen and oxygen atoms in total. The Bertz CT molecular complexity index is 900. The molecule has 2 aromatic carbocycles. The summed E-state index contributed by atoms with van der Waals surface area (Å²) in [5, 5.41) is 5.69. The van der Waals surface area contributed by atoms with Gasteiger partial charge in [-0.1, -0.05) is 30.3 Å². The minimum absolute atomic E-state index is 0.0148. The third kappa shape index (κ3) is 4.83. The molecule has 6 heteroatoms. The summed E-state index contributed by atoms with van der Waals surface area (Å²) in [5.74, 6) is -0.742. The highest BCUT2D eigenvalue weighted by Crippen LogP contribution is 2.47. The number of hydrogen-bond acceptors (Lipinski definition) is 4. The van der Waals surface area contributed by atoms with Crippen LogP contribution in [0, 0.1) is 5.92 Å². The number of benzene rings is 2. The van der Waals surface area contributed by atoms with E-state index in [1.54, 1.807) is 24.3 Å². The van der Waals surface area contributed by atoms with Crippen molar-refractivity contribution in [2.45, 2.75) is 31.1 Å². The lowest BCUT2D eigenvalue weighted by atomic mass is 9.96. The first kappa shape index (κ1) is 19.2. The number of anilines is 1. The molecule has 0 radical (unpaired) electrons. The highest BCUT2D eigenvalue weighted by atomic mass is 16.5. The van der Waals surface area contributed by atoms with Crippen molar-refractivity contribution in [2.75, 3.05) is 18.5 Å². The summed E-state index contributed by atoms with van der Waals surface area (Å²) >= 11 is 0. The van der Waals surface area contributed by atoms with Crippen LogP contribution in [0.2, 0.25) is 0 Å². The monoisotopic (exact) mass is 392 g/mol. The molecule has 0 aliphatic heterocycles. The zero-order chi connectivity index (χ0) is 20.3. The van der Waals surface area contributed by atoms with Gasteiger partial charge in [0.25, 0.3) is 5.91 Å². The van der Waals surface area contributed by atoms with Gasteiger partial charge in [0.2, 0.25) is 5.91 Å². The van der Waals surface area contributed by atoms with Crippen molar-refractivity contribution in [3.8, 4) is 0 Å². The maximum atomic E-state index is 12.1. The molecule has 2 amide bonds. The molecule has 0 atom stereocenters. The second-order valence-electron chi connectivity index (χ2n) is 7.84. The Morgan fingerprint density at radius 1 is 0.966 bits per heavy atom. The lowest BCUT2D eigenvalue weighted by molar-refractivity contribution is -0.124. The van der Waals surface area contributed by atoms with Gasteiger partial charge in [-0.15, -0.1) is 0 Å². The van der Waals surface area contributed by atoms with Crippen LogP contribution in [0.25, 0.3) is 0 Å². The highest BCUT2D eigenvalue weighted by molar-refractivity contribution is 5.95. The van der Waals surface area contributed by atoms with Crippen LogP contribution >= 0.6 is 0 Å². The summed E-state index contributed by atoms with van der Waals surface area (Å²) in [6.45, 7) is 0.229. The van der Waals surface area contributed by atoms with Gasteiger partial charge in [0, 0.05) is 23.6 Å². The fraction of sp³-hybridized carbons (Fsp3) is 0.348. The van der Waals surface area contributed by atoms with Gasteiger partial charge in [-0.25, -0.2) is 4.79 Å². The molecule has 2 aromatic rings. The first-order valence-corrected chi connectivity index (χ1v) is 9.96. The van der Waals surface area contributed by atoms with E-state index in [1.807, 2.05) is 18.2 Å². The minimum Gasteiger partial charge on any atom is -0.452 e. The Morgan fingerprint density at radius 2 is 1.66 bits per heavy atom. The molecule has 0 spiro atoms. The molecule has 2 saturated carbocycles. The first-order valence-electron chi connectivity index (χ1n) is 9.96. The zero-order valence-corrected chi connectivity index (χ0v) is 16.1. The van der Waals surface area contributed by atoms with Gasteiger partial charge < -0.3 is 15.4 Å². The molecule has 2 fully saturated rings. The van der Waals surface area contributed by atoms with Gasteiger partial charge in [-0.05, 0) is 55.5 Å². The minimum atomic E-state index is -0.565. The Morgan fingerprint density at radius 3 is 2.28 bits per heavy atom. The van der Waals surface area contributed by atoms with E-state index in [1.165, 1.54) is 5.56 Å². The van der Waals surface area contributed by atoms with Gasteiger partial charge in [0.1, 0.15) is 0 Å². The Labute approximate surface area is 169 Å². The van der Waals surface area contributed by atoms with Gasteiger partial charge >= 0.3 is 5.97 Å². The molecule has 29 heavy (non-hydrogen) atoms. The first-order chi connectivity index (χ1) is 14.1. The molecule has 0 bridgehead atoms. The second kappa shape index (κ2) is 8.07. The lowest BCUT2D eigenvalue weighted by Gasteiger charge is -2.16. The number of hydrogen-bond donors (Lipinski definition) is 2. The van der Waals surface area contributed by atoms with Crippen LogP contribution in [-0.2, 0) is 19.7 Å². The van der Waals surface area contributed by atoms with Gasteiger partial charge in [0.05, 0.1) is 5.56 Å². The van der Waals surface area contributed by atoms with Crippen LogP contribution in [0.4, 0.5) is 5.69 Å². The largest absolute Gasteiger partial charge is 0.452 e. The number of nitrogens with one attached hydrogen (secondary N) is 2. The van der Waals surface area contributed by atoms with Gasteiger partial charge in [-0.2, -0.15) is 0 Å². The maximum absolute atomic E-state index is 12.1. The number of carbonyl (C=O) groups excluding carboxylic acids is 3. The van der Waals surface area contributed by atoms with E-state index in [0.29, 0.717) is 17.8 Å². The molecule has 2 N–H and O–H groups in total. The van der Waals surface area contributed by atoms with E-state index in [2.05, 4.69) is 22.8 Å². The van der Waals surface area contributed by atoms with Gasteiger partial charge in [0.15, 0.2) is 6.61 Å². The Kier molecular flexibility index (Phi) is 5.34. The van der Waals surface area contributed by atoms with Crippen molar-refractivity contribution in [3.63, 3.8) is 0 Å². The molecule has 0 heterocycles. The molecule has 2 aliphatic rings. The van der Waals surface area contributed by atoms with Crippen LogP contribution in [0.1, 0.15) is 41.6 Å². The summed E-state index contributed by atoms with van der Waals surface area (Å²) in [4.78, 5) is 36.0. The number of amides is 2. The van der Waals surface area contributed by atoms with E-state index in [-0.39, 0.29) is 29.8 Å². The third-order valence-electron chi connectivity index (χ3n) is 5.53. The molecule has 150 valence electrons. The number of esters is 1. The predicted molar refractivity (Wildman–Crippen MR) is 108 cm³/mol. The van der Waals surface area contributed by atoms with E-state index in [9.17, 15) is 14.4 Å². The number of ether oxygens (including phenoxy) is 1. The normalized spacial score (nSPS) is 16.6. The molecule has 4 rings (SSSR count). The maximum Gasteiger partial charge on any atom is 0.338 e. The van der Waals surface area contributed by atoms with Crippen molar-refractivity contribution in [2.24, 2.45) is 5.92 Å². The quantitative estimate of drug-likeness (QED) is 0.677. The average molecular weight is 392 g/mol. The van der Waals surface area contributed by atoms with E-state index >= 15 is 0 Å². The van der Waals surface area contributed by atoms with Crippen LogP contribution in [0.5, 0.6) is 0 Å². The zero-order valence-electron chi connectivity index (χ0n) is 16.1. The second-order valence-corrected chi connectivity index (χ2v) is 7.84. The fourth-order valence-corrected chi connectivity index (χ4v) is 3.32. The standard InChI is InChI=1S/C23H24N2O4/c26-20(24-15-23(12-13-23)18-4-2-1-3-5-18)14-29-22(28)17-8-10-19(11-9-17)25-21(27)16-6-7-16/h1-5,8-11,16H,6-7,12-15H2,(H,24,26)(H,25,27). The van der Waals surface area contributed by atoms with E-state index in [4.69, 9.17) is 4.74 Å². The Balaban J connectivity index is 1.22. The van der Waals surface area contributed by atoms with Crippen LogP contribution in [0.3, 0.4) is 0 Å². The molecular formula is C23H24N2O4. The predicted octanol–water partition coefficient (Wildman–Crippen LogP) is 3.04. The van der Waals surface area contributed by atoms with Crippen molar-refractivity contribution in [1.82, 2.24) is 5.32 Å². The summed E-state index contributed by atoms with van der Waals surface area (Å²) < 4.78 is 5.11. The topological polar surface area (TPSA) is 84.5 Å². The van der Waals surface area contributed by atoms with Crippen molar-refractivity contribution in [3.05, 3.63) is 65.7 Å². The molecule has 0 aromatic heterocycles. The van der Waals surface area contributed by atoms with E-state index in [0.717, 1.165) is 25.7 Å². The SMILES string of the molecule is O=C(COC(=O)c1ccc(NC(=O)C2CC2)cc1)NCC1(c2ccccc2)CC1. The number of carbonyl (C=O) groups is 3. The van der Waals surface area contributed by atoms with Crippen molar-refractivity contribution < 1.29 is 19.1 Å². The summed E-state index contributed by atoms with van der Waals surface area (Å²) in [6, 6.07) is 16.6. The molecular weight excluding hydrogens is 368 g/mol. The molecule has 2 aliphatic carbocycles. The van der Waals surface area contributed by atoms with Crippen molar-refractivity contribution in [1.29, 1.82) is 0 Å². The fourth-order valence-electron chi connectivity index (χ4n) is 3.32. The van der Waals surface area contributed by atoms with Crippen LogP contribution < -0.4 is 10.6 Å². The van der Waals surface area contributed by atoms with Crippen molar-refractivity contribution >= 4 is 23.5 Å². The lowest BCUT2D eigenvalue weighted by Crippen LogP contribution is -2.35.